The van der Waals surface area contributed by atoms with Crippen molar-refractivity contribution in [1.29, 1.82) is 0 Å². The molecule has 10 heteroatoms. The van der Waals surface area contributed by atoms with Gasteiger partial charge < -0.3 is 9.47 Å². The van der Waals surface area contributed by atoms with Gasteiger partial charge in [-0.05, 0) is 59.2 Å². The van der Waals surface area contributed by atoms with E-state index in [9.17, 15) is 22.8 Å². The van der Waals surface area contributed by atoms with E-state index in [1.165, 1.54) is 36.4 Å². The van der Waals surface area contributed by atoms with Gasteiger partial charge in [0.15, 0.2) is 6.61 Å². The highest BCUT2D eigenvalue weighted by Gasteiger charge is 2.40. The Bertz CT molecular complexity index is 1610. The fourth-order valence-electron chi connectivity index (χ4n) is 4.21. The topological polar surface area (TPSA) is 116 Å². The molecule has 0 aromatic heterocycles. The maximum Gasteiger partial charge on any atom is 0.344 e. The van der Waals surface area contributed by atoms with E-state index in [1.807, 2.05) is 37.3 Å². The van der Waals surface area contributed by atoms with Gasteiger partial charge in [0, 0.05) is 0 Å². The van der Waals surface area contributed by atoms with Gasteiger partial charge in [0.25, 0.3) is 11.8 Å². The first-order valence-corrected chi connectivity index (χ1v) is 13.5. The van der Waals surface area contributed by atoms with Crippen LogP contribution in [0.2, 0.25) is 0 Å². The lowest BCUT2D eigenvalue weighted by molar-refractivity contribution is -0.152. The van der Waals surface area contributed by atoms with Crippen molar-refractivity contribution in [2.75, 3.05) is 6.61 Å². The van der Waals surface area contributed by atoms with Crippen LogP contribution in [-0.2, 0) is 23.9 Å². The van der Waals surface area contributed by atoms with Gasteiger partial charge in [0.1, 0.15) is 11.9 Å². The summed E-state index contributed by atoms with van der Waals surface area (Å²) in [7, 11) is -4.54. The van der Waals surface area contributed by atoms with Crippen LogP contribution in [0.3, 0.4) is 0 Å². The van der Waals surface area contributed by atoms with Crippen molar-refractivity contribution in [3.8, 4) is 5.75 Å². The minimum Gasteiger partial charge on any atom is -0.482 e. The zero-order valence-electron chi connectivity index (χ0n) is 20.8. The van der Waals surface area contributed by atoms with Crippen LogP contribution in [0, 0.1) is 0 Å². The summed E-state index contributed by atoms with van der Waals surface area (Å²) in [5.74, 6) is -2.11. The first-order valence-electron chi connectivity index (χ1n) is 12.1. The van der Waals surface area contributed by atoms with E-state index in [2.05, 4.69) is 0 Å². The summed E-state index contributed by atoms with van der Waals surface area (Å²) in [6, 6.07) is 24.5. The second-order valence-corrected chi connectivity index (χ2v) is 10.3. The summed E-state index contributed by atoms with van der Waals surface area (Å²) < 4.78 is 41.6. The molecule has 0 radical (unpaired) electrons. The van der Waals surface area contributed by atoms with Gasteiger partial charge >= 0.3 is 16.1 Å². The van der Waals surface area contributed by atoms with Gasteiger partial charge in [-0.25, -0.2) is 4.79 Å². The Labute approximate surface area is 224 Å². The van der Waals surface area contributed by atoms with Gasteiger partial charge in [-0.15, -0.1) is 9.35 Å². The molecule has 0 aliphatic carbocycles. The number of ether oxygens (including phenoxy) is 2. The smallest absolute Gasteiger partial charge is 0.344 e. The van der Waals surface area contributed by atoms with Gasteiger partial charge in [0.2, 0.25) is 0 Å². The Kier molecular flexibility index (Phi) is 7.14. The number of esters is 1. The second kappa shape index (κ2) is 10.7. The molecule has 4 aromatic rings. The van der Waals surface area contributed by atoms with E-state index in [0.717, 1.165) is 16.3 Å². The largest absolute Gasteiger partial charge is 0.482 e. The number of hydroxylamine groups is 2. The minimum absolute atomic E-state index is 0.0575. The fourth-order valence-corrected chi connectivity index (χ4v) is 5.09. The Morgan fingerprint density at radius 3 is 1.95 bits per heavy atom. The molecule has 9 nitrogen and oxygen atoms in total. The Morgan fingerprint density at radius 1 is 0.821 bits per heavy atom. The monoisotopic (exact) mass is 545 g/mol. The molecule has 0 saturated heterocycles. The van der Waals surface area contributed by atoms with E-state index in [0.29, 0.717) is 6.42 Å². The molecule has 2 amide bonds. The van der Waals surface area contributed by atoms with Crippen LogP contribution in [0.4, 0.5) is 0 Å². The molecule has 0 bridgehead atoms. The van der Waals surface area contributed by atoms with Gasteiger partial charge in [-0.1, -0.05) is 61.5 Å². The summed E-state index contributed by atoms with van der Waals surface area (Å²) in [5.41, 5.74) is 0.985. The third-order valence-electron chi connectivity index (χ3n) is 6.17. The van der Waals surface area contributed by atoms with E-state index in [1.54, 1.807) is 24.3 Å². The average Bonchev–Trinajstić information content (AvgIpc) is 3.18. The number of hydrogen-bond donors (Lipinski definition) is 0. The van der Waals surface area contributed by atoms with E-state index >= 15 is 0 Å². The molecule has 0 saturated carbocycles. The molecule has 4 aromatic carbocycles. The van der Waals surface area contributed by atoms with Crippen molar-refractivity contribution < 1.29 is 36.6 Å². The van der Waals surface area contributed by atoms with Crippen molar-refractivity contribution >= 4 is 38.7 Å². The lowest BCUT2D eigenvalue weighted by Gasteiger charge is -2.17. The summed E-state index contributed by atoms with van der Waals surface area (Å²) in [6.45, 7) is 1.52. The minimum atomic E-state index is -4.54. The Balaban J connectivity index is 1.22. The van der Waals surface area contributed by atoms with E-state index in [-0.39, 0.29) is 33.4 Å². The molecular weight excluding hydrogens is 522 g/mol. The maximum atomic E-state index is 12.8. The second-order valence-electron chi connectivity index (χ2n) is 8.74. The molecule has 1 aliphatic rings. The molecule has 5 rings (SSSR count). The van der Waals surface area contributed by atoms with Crippen LogP contribution < -0.4 is 4.74 Å². The maximum absolute atomic E-state index is 12.8. The molecule has 1 heterocycles. The number of imide groups is 1. The van der Waals surface area contributed by atoms with Crippen LogP contribution in [0.25, 0.3) is 10.8 Å². The van der Waals surface area contributed by atoms with Crippen molar-refractivity contribution in [1.82, 2.24) is 5.06 Å². The number of carbonyl (C=O) groups excluding carboxylic acids is 3. The van der Waals surface area contributed by atoms with E-state index in [4.69, 9.17) is 13.8 Å². The van der Waals surface area contributed by atoms with Crippen LogP contribution in [0.15, 0.2) is 95.9 Å². The number of fused-ring (bicyclic) bond motifs is 2. The number of rotatable bonds is 9. The van der Waals surface area contributed by atoms with Crippen molar-refractivity contribution in [3.05, 3.63) is 108 Å². The number of amides is 2. The zero-order chi connectivity index (χ0) is 27.6. The highest BCUT2D eigenvalue weighted by Crippen LogP contribution is 2.30. The van der Waals surface area contributed by atoms with Gasteiger partial charge in [-0.2, -0.15) is 8.42 Å². The SMILES string of the molecule is CCC(OC(=O)COc1ccc(S(=O)(=O)ON2C(=O)c3cc4ccccc4cc3C2=O)cc1)c1ccccc1. The lowest BCUT2D eigenvalue weighted by atomic mass is 10.0. The number of carbonyl (C=O) groups is 3. The van der Waals surface area contributed by atoms with Crippen molar-refractivity contribution in [3.63, 3.8) is 0 Å². The van der Waals surface area contributed by atoms with E-state index < -0.39 is 34.0 Å². The van der Waals surface area contributed by atoms with Crippen molar-refractivity contribution in [2.45, 2.75) is 24.3 Å². The first kappa shape index (κ1) is 26.1. The molecule has 1 atom stereocenters. The third-order valence-corrected chi connectivity index (χ3v) is 7.37. The molecule has 1 unspecified atom stereocenters. The normalized spacial score (nSPS) is 13.8. The van der Waals surface area contributed by atoms with Gasteiger partial charge in [-0.3, -0.25) is 9.59 Å². The molecule has 39 heavy (non-hydrogen) atoms. The first-order chi connectivity index (χ1) is 18.8. The lowest BCUT2D eigenvalue weighted by Crippen LogP contribution is -2.32. The van der Waals surface area contributed by atoms with Crippen LogP contribution in [0.5, 0.6) is 5.75 Å². The summed E-state index contributed by atoms with van der Waals surface area (Å²) >= 11 is 0. The standard InChI is InChI=1S/C29H23NO8S/c1-2-26(19-8-4-3-5-9-19)37-27(31)18-36-22-12-14-23(15-13-22)39(34,35)38-30-28(32)24-16-20-10-6-7-11-21(20)17-25(24)29(30)33/h3-17,26H,2,18H2,1H3. The predicted octanol–water partition coefficient (Wildman–Crippen LogP) is 4.83. The molecular formula is C29H23NO8S. The van der Waals surface area contributed by atoms with Crippen LogP contribution >= 0.6 is 0 Å². The quantitative estimate of drug-likeness (QED) is 0.217. The summed E-state index contributed by atoms with van der Waals surface area (Å²) in [5, 5.41) is 1.70. The number of benzene rings is 4. The van der Waals surface area contributed by atoms with Crippen LogP contribution in [0.1, 0.15) is 45.7 Å². The molecule has 0 fully saturated rings. The summed E-state index contributed by atoms with van der Waals surface area (Å²) in [6.07, 6.45) is 0.179. The third kappa shape index (κ3) is 5.38. The number of nitrogens with zero attached hydrogens (tertiary/aromatic N) is 1. The molecule has 0 spiro atoms. The van der Waals surface area contributed by atoms with Crippen molar-refractivity contribution in [2.24, 2.45) is 0 Å². The summed E-state index contributed by atoms with van der Waals surface area (Å²) in [4.78, 5) is 37.6. The highest BCUT2D eigenvalue weighted by atomic mass is 32.2. The number of hydrogen-bond acceptors (Lipinski definition) is 8. The molecule has 1 aliphatic heterocycles. The highest BCUT2D eigenvalue weighted by molar-refractivity contribution is 7.86. The molecule has 0 N–H and O–H groups in total. The van der Waals surface area contributed by atoms with Crippen LogP contribution in [-0.4, -0.2) is 37.9 Å². The molecule has 198 valence electrons. The Hall–Kier alpha value is -4.54. The van der Waals surface area contributed by atoms with Gasteiger partial charge in [0.05, 0.1) is 16.0 Å². The fraction of sp³-hybridized carbons (Fsp3) is 0.138. The average molecular weight is 546 g/mol. The zero-order valence-corrected chi connectivity index (χ0v) is 21.6. The predicted molar refractivity (Wildman–Crippen MR) is 140 cm³/mol. The Morgan fingerprint density at radius 2 is 1.38 bits per heavy atom.